The largest absolute Gasteiger partial charge is 0.344 e. The van der Waals surface area contributed by atoms with Crippen LogP contribution in [0, 0.1) is 0 Å². The van der Waals surface area contributed by atoms with Crippen molar-refractivity contribution in [1.29, 1.82) is 0 Å². The minimum absolute atomic E-state index is 0.0692. The molecule has 1 heterocycles. The molecule has 0 spiro atoms. The molecule has 1 aromatic heterocycles. The summed E-state index contributed by atoms with van der Waals surface area (Å²) in [6.07, 6.45) is 0.787. The minimum atomic E-state index is -0.181. The number of amides is 1. The lowest BCUT2D eigenvalue weighted by Crippen LogP contribution is -2.28. The number of carbonyl (C=O) groups is 1. The maximum absolute atomic E-state index is 12.5. The molecule has 5 heteroatoms. The fraction of sp³-hybridized carbons (Fsp3) is 0.176. The predicted octanol–water partition coefficient (Wildman–Crippen LogP) is 4.10. The van der Waals surface area contributed by atoms with Crippen molar-refractivity contribution in [2.45, 2.75) is 19.4 Å². The Morgan fingerprint density at radius 2 is 1.95 bits per heavy atom. The fourth-order valence-electron chi connectivity index (χ4n) is 2.48. The lowest BCUT2D eigenvalue weighted by molar-refractivity contribution is 0.0932. The van der Waals surface area contributed by atoms with Crippen LogP contribution < -0.4 is 5.32 Å². The lowest BCUT2D eigenvalue weighted by Gasteiger charge is -2.17. The first-order valence-corrected chi connectivity index (χ1v) is 7.56. The summed E-state index contributed by atoms with van der Waals surface area (Å²) in [5.74, 6) is -0.181. The Bertz CT molecular complexity index is 795. The molecule has 0 radical (unpaired) electrons. The average Bonchev–Trinajstić information content (AvgIpc) is 2.97. The highest BCUT2D eigenvalue weighted by atomic mass is 35.5. The molecule has 1 amide bonds. The van der Waals surface area contributed by atoms with E-state index in [1.54, 1.807) is 0 Å². The molecule has 0 fully saturated rings. The number of H-pyrrole nitrogens is 1. The number of aromatic amines is 1. The standard InChI is InChI=1S/C17H16ClN3O/c1-2-14(11-7-9-12(18)10-8-11)19-17(22)16-13-5-3-4-6-15(13)20-21-16/h3-10,14H,2H2,1H3,(H,19,22)(H,20,21). The maximum Gasteiger partial charge on any atom is 0.272 e. The first-order chi connectivity index (χ1) is 10.7. The van der Waals surface area contributed by atoms with Gasteiger partial charge in [-0.15, -0.1) is 0 Å². The number of para-hydroxylation sites is 1. The molecule has 0 aliphatic rings. The van der Waals surface area contributed by atoms with Gasteiger partial charge in [0.1, 0.15) is 0 Å². The van der Waals surface area contributed by atoms with Crippen molar-refractivity contribution >= 4 is 28.4 Å². The van der Waals surface area contributed by atoms with Crippen molar-refractivity contribution in [3.05, 3.63) is 64.8 Å². The zero-order chi connectivity index (χ0) is 15.5. The van der Waals surface area contributed by atoms with Gasteiger partial charge in [-0.3, -0.25) is 9.89 Å². The first kappa shape index (κ1) is 14.6. The molecule has 3 rings (SSSR count). The van der Waals surface area contributed by atoms with Crippen LogP contribution in [0.4, 0.5) is 0 Å². The van der Waals surface area contributed by atoms with E-state index < -0.39 is 0 Å². The summed E-state index contributed by atoms with van der Waals surface area (Å²) >= 11 is 5.91. The van der Waals surface area contributed by atoms with Gasteiger partial charge in [-0.25, -0.2) is 0 Å². The third-order valence-electron chi connectivity index (χ3n) is 3.67. The van der Waals surface area contributed by atoms with Crippen molar-refractivity contribution in [3.8, 4) is 0 Å². The van der Waals surface area contributed by atoms with E-state index in [9.17, 15) is 4.79 Å². The fourth-order valence-corrected chi connectivity index (χ4v) is 2.61. The van der Waals surface area contributed by atoms with E-state index in [0.717, 1.165) is 22.9 Å². The SMILES string of the molecule is CCC(NC(=O)c1n[nH]c2ccccc12)c1ccc(Cl)cc1. The van der Waals surface area contributed by atoms with Crippen LogP contribution in [0.3, 0.4) is 0 Å². The predicted molar refractivity (Wildman–Crippen MR) is 88.0 cm³/mol. The van der Waals surface area contributed by atoms with E-state index in [-0.39, 0.29) is 11.9 Å². The number of carbonyl (C=O) groups excluding carboxylic acids is 1. The van der Waals surface area contributed by atoms with Gasteiger partial charge < -0.3 is 5.32 Å². The molecule has 1 atom stereocenters. The summed E-state index contributed by atoms with van der Waals surface area (Å²) in [7, 11) is 0. The molecular weight excluding hydrogens is 298 g/mol. The number of fused-ring (bicyclic) bond motifs is 1. The normalized spacial score (nSPS) is 12.3. The summed E-state index contributed by atoms with van der Waals surface area (Å²) in [5, 5.41) is 11.6. The van der Waals surface area contributed by atoms with Crippen LogP contribution in [0.5, 0.6) is 0 Å². The highest BCUT2D eigenvalue weighted by Crippen LogP contribution is 2.21. The van der Waals surface area contributed by atoms with E-state index in [4.69, 9.17) is 11.6 Å². The van der Waals surface area contributed by atoms with Crippen LogP contribution in [0.1, 0.15) is 35.4 Å². The molecule has 2 N–H and O–H groups in total. The van der Waals surface area contributed by atoms with Crippen molar-refractivity contribution in [2.75, 3.05) is 0 Å². The molecule has 1 unspecified atom stereocenters. The number of rotatable bonds is 4. The van der Waals surface area contributed by atoms with E-state index in [0.29, 0.717) is 10.7 Å². The highest BCUT2D eigenvalue weighted by Gasteiger charge is 2.18. The van der Waals surface area contributed by atoms with Gasteiger partial charge >= 0.3 is 0 Å². The summed E-state index contributed by atoms with van der Waals surface area (Å²) < 4.78 is 0. The van der Waals surface area contributed by atoms with Gasteiger partial charge in [0.15, 0.2) is 5.69 Å². The number of aromatic nitrogens is 2. The Morgan fingerprint density at radius 3 is 2.68 bits per heavy atom. The second kappa shape index (κ2) is 6.20. The second-order valence-electron chi connectivity index (χ2n) is 5.10. The number of hydrogen-bond acceptors (Lipinski definition) is 2. The monoisotopic (exact) mass is 313 g/mol. The molecule has 112 valence electrons. The zero-order valence-electron chi connectivity index (χ0n) is 12.1. The minimum Gasteiger partial charge on any atom is -0.344 e. The van der Waals surface area contributed by atoms with Crippen LogP contribution in [0.15, 0.2) is 48.5 Å². The van der Waals surface area contributed by atoms with Gasteiger partial charge in [-0.05, 0) is 30.2 Å². The third-order valence-corrected chi connectivity index (χ3v) is 3.92. The molecule has 4 nitrogen and oxygen atoms in total. The Labute approximate surface area is 133 Å². The summed E-state index contributed by atoms with van der Waals surface area (Å²) in [6, 6.07) is 15.0. The van der Waals surface area contributed by atoms with Crippen LogP contribution >= 0.6 is 11.6 Å². The molecule has 0 bridgehead atoms. The molecule has 3 aromatic rings. The van der Waals surface area contributed by atoms with Crippen molar-refractivity contribution in [2.24, 2.45) is 0 Å². The van der Waals surface area contributed by atoms with Crippen LogP contribution in [-0.4, -0.2) is 16.1 Å². The average molecular weight is 314 g/mol. The number of nitrogens with zero attached hydrogens (tertiary/aromatic N) is 1. The van der Waals surface area contributed by atoms with Crippen LogP contribution in [0.2, 0.25) is 5.02 Å². The van der Waals surface area contributed by atoms with Gasteiger partial charge in [-0.2, -0.15) is 5.10 Å². The van der Waals surface area contributed by atoms with Gasteiger partial charge in [0.2, 0.25) is 0 Å². The van der Waals surface area contributed by atoms with Gasteiger partial charge in [0.05, 0.1) is 11.6 Å². The van der Waals surface area contributed by atoms with E-state index in [1.807, 2.05) is 55.5 Å². The molecule has 0 saturated carbocycles. The topological polar surface area (TPSA) is 57.8 Å². The van der Waals surface area contributed by atoms with Crippen LogP contribution in [0.25, 0.3) is 10.9 Å². The van der Waals surface area contributed by atoms with Crippen molar-refractivity contribution in [3.63, 3.8) is 0 Å². The van der Waals surface area contributed by atoms with Crippen molar-refractivity contribution < 1.29 is 4.79 Å². The maximum atomic E-state index is 12.5. The Kier molecular flexibility index (Phi) is 4.11. The summed E-state index contributed by atoms with van der Waals surface area (Å²) in [5.41, 5.74) is 2.30. The smallest absolute Gasteiger partial charge is 0.272 e. The van der Waals surface area contributed by atoms with E-state index in [2.05, 4.69) is 15.5 Å². The Morgan fingerprint density at radius 1 is 1.23 bits per heavy atom. The molecule has 2 aromatic carbocycles. The van der Waals surface area contributed by atoms with Gasteiger partial charge in [-0.1, -0.05) is 48.9 Å². The number of halogens is 1. The van der Waals surface area contributed by atoms with Gasteiger partial charge in [0.25, 0.3) is 5.91 Å². The Balaban J connectivity index is 1.84. The Hall–Kier alpha value is -2.33. The lowest BCUT2D eigenvalue weighted by atomic mass is 10.0. The molecular formula is C17H16ClN3O. The van der Waals surface area contributed by atoms with E-state index >= 15 is 0 Å². The quantitative estimate of drug-likeness (QED) is 0.762. The summed E-state index contributed by atoms with van der Waals surface area (Å²) in [6.45, 7) is 2.03. The number of nitrogens with one attached hydrogen (secondary N) is 2. The first-order valence-electron chi connectivity index (χ1n) is 7.18. The molecule has 0 saturated heterocycles. The third kappa shape index (κ3) is 2.83. The molecule has 0 aliphatic heterocycles. The van der Waals surface area contributed by atoms with Crippen LogP contribution in [-0.2, 0) is 0 Å². The second-order valence-corrected chi connectivity index (χ2v) is 5.54. The summed E-state index contributed by atoms with van der Waals surface area (Å²) in [4.78, 5) is 12.5. The van der Waals surface area contributed by atoms with Crippen molar-refractivity contribution in [1.82, 2.24) is 15.5 Å². The van der Waals surface area contributed by atoms with Gasteiger partial charge in [0, 0.05) is 10.4 Å². The molecule has 0 aliphatic carbocycles. The number of benzene rings is 2. The highest BCUT2D eigenvalue weighted by molar-refractivity contribution is 6.30. The van der Waals surface area contributed by atoms with E-state index in [1.165, 1.54) is 0 Å². The zero-order valence-corrected chi connectivity index (χ0v) is 12.9. The number of hydrogen-bond donors (Lipinski definition) is 2. The molecule has 22 heavy (non-hydrogen) atoms.